The molecule has 0 aromatic heterocycles. The highest BCUT2D eigenvalue weighted by Crippen LogP contribution is 2.33. The van der Waals surface area contributed by atoms with Crippen LogP contribution in [0.5, 0.6) is 0 Å². The van der Waals surface area contributed by atoms with E-state index in [1.807, 2.05) is 6.07 Å². The number of benzene rings is 1. The number of aryl methyl sites for hydroxylation is 1. The minimum atomic E-state index is 0.131. The quantitative estimate of drug-likeness (QED) is 0.676. The van der Waals surface area contributed by atoms with Crippen LogP contribution in [0.2, 0.25) is 0 Å². The molecular formula is C12H14N2O. The van der Waals surface area contributed by atoms with E-state index in [-0.39, 0.29) is 11.4 Å². The summed E-state index contributed by atoms with van der Waals surface area (Å²) in [4.78, 5) is 11.2. The monoisotopic (exact) mass is 202 g/mol. The largest absolute Gasteiger partial charge is 0.326 e. The zero-order valence-corrected chi connectivity index (χ0v) is 8.76. The highest BCUT2D eigenvalue weighted by Gasteiger charge is 2.38. The van der Waals surface area contributed by atoms with E-state index in [1.54, 1.807) is 0 Å². The molecular weight excluding hydrogens is 188 g/mol. The van der Waals surface area contributed by atoms with Crippen LogP contribution in [0, 0.1) is 0 Å². The van der Waals surface area contributed by atoms with Gasteiger partial charge in [0.15, 0.2) is 0 Å². The van der Waals surface area contributed by atoms with Crippen LogP contribution in [-0.4, -0.2) is 12.5 Å². The Labute approximate surface area is 88.9 Å². The summed E-state index contributed by atoms with van der Waals surface area (Å²) in [6.07, 6.45) is 1.48. The summed E-state index contributed by atoms with van der Waals surface area (Å²) < 4.78 is 0. The van der Waals surface area contributed by atoms with E-state index in [9.17, 15) is 4.79 Å². The molecule has 1 atom stereocenters. The molecule has 1 amide bonds. The van der Waals surface area contributed by atoms with Gasteiger partial charge in [-0.1, -0.05) is 12.1 Å². The Morgan fingerprint density at radius 3 is 2.87 bits per heavy atom. The molecule has 2 N–H and O–H groups in total. The van der Waals surface area contributed by atoms with Crippen molar-refractivity contribution >= 4 is 11.6 Å². The van der Waals surface area contributed by atoms with Crippen molar-refractivity contribution in [1.82, 2.24) is 5.32 Å². The smallest absolute Gasteiger partial charge is 0.224 e. The average Bonchev–Trinajstić information content (AvgIpc) is 2.97. The van der Waals surface area contributed by atoms with Crippen molar-refractivity contribution in [3.8, 4) is 0 Å². The number of rotatable bonds is 1. The fourth-order valence-electron chi connectivity index (χ4n) is 2.06. The lowest BCUT2D eigenvalue weighted by Gasteiger charge is -2.18. The van der Waals surface area contributed by atoms with Gasteiger partial charge in [-0.05, 0) is 30.5 Å². The molecule has 2 aliphatic heterocycles. The first kappa shape index (κ1) is 8.92. The second kappa shape index (κ2) is 2.83. The number of nitrogens with one attached hydrogen (secondary N) is 2. The summed E-state index contributed by atoms with van der Waals surface area (Å²) in [5.74, 6) is 0.131. The van der Waals surface area contributed by atoms with E-state index >= 15 is 0 Å². The highest BCUT2D eigenvalue weighted by molar-refractivity contribution is 5.93. The maximum atomic E-state index is 11.2. The van der Waals surface area contributed by atoms with Crippen molar-refractivity contribution in [2.45, 2.75) is 25.3 Å². The molecule has 2 heterocycles. The predicted octanol–water partition coefficient (Wildman–Crippen LogP) is 1.39. The number of anilines is 1. The second-order valence-corrected chi connectivity index (χ2v) is 4.61. The van der Waals surface area contributed by atoms with E-state index in [4.69, 9.17) is 0 Å². The molecule has 1 aromatic carbocycles. The molecule has 3 rings (SSSR count). The lowest BCUT2D eigenvalue weighted by Crippen LogP contribution is -2.19. The van der Waals surface area contributed by atoms with Crippen molar-refractivity contribution in [3.63, 3.8) is 0 Å². The lowest BCUT2D eigenvalue weighted by molar-refractivity contribution is -0.116. The number of fused-ring (bicyclic) bond motifs is 1. The molecule has 0 saturated carbocycles. The Morgan fingerprint density at radius 1 is 1.33 bits per heavy atom. The van der Waals surface area contributed by atoms with Crippen molar-refractivity contribution in [2.75, 3.05) is 11.9 Å². The first-order chi connectivity index (χ1) is 7.17. The van der Waals surface area contributed by atoms with Crippen molar-refractivity contribution in [1.29, 1.82) is 0 Å². The Bertz CT molecular complexity index is 435. The summed E-state index contributed by atoms with van der Waals surface area (Å²) in [5.41, 5.74) is 3.76. The standard InChI is InChI=1S/C12H14N2O/c1-12(7-13-12)9-3-4-10-8(6-9)2-5-11(15)14-10/h3-4,6,13H,2,5,7H2,1H3,(H,14,15). The number of carbonyl (C=O) groups excluding carboxylic acids is 1. The molecule has 1 aromatic rings. The van der Waals surface area contributed by atoms with Crippen LogP contribution in [0.15, 0.2) is 18.2 Å². The maximum absolute atomic E-state index is 11.2. The Balaban J connectivity index is 1.99. The van der Waals surface area contributed by atoms with Gasteiger partial charge in [-0.2, -0.15) is 0 Å². The average molecular weight is 202 g/mol. The second-order valence-electron chi connectivity index (χ2n) is 4.61. The van der Waals surface area contributed by atoms with Gasteiger partial charge in [0.2, 0.25) is 5.91 Å². The highest BCUT2D eigenvalue weighted by atomic mass is 16.1. The van der Waals surface area contributed by atoms with Gasteiger partial charge in [0.05, 0.1) is 5.54 Å². The molecule has 0 aliphatic carbocycles. The predicted molar refractivity (Wildman–Crippen MR) is 58.7 cm³/mol. The molecule has 3 heteroatoms. The van der Waals surface area contributed by atoms with E-state index in [1.165, 1.54) is 11.1 Å². The van der Waals surface area contributed by atoms with Crippen LogP contribution in [-0.2, 0) is 16.8 Å². The molecule has 0 bridgehead atoms. The van der Waals surface area contributed by atoms with Crippen LogP contribution in [0.1, 0.15) is 24.5 Å². The first-order valence-corrected chi connectivity index (χ1v) is 5.36. The van der Waals surface area contributed by atoms with E-state index < -0.39 is 0 Å². The van der Waals surface area contributed by atoms with Crippen LogP contribution in [0.4, 0.5) is 5.69 Å². The Morgan fingerprint density at radius 2 is 2.13 bits per heavy atom. The van der Waals surface area contributed by atoms with Crippen LogP contribution in [0.25, 0.3) is 0 Å². The van der Waals surface area contributed by atoms with Gasteiger partial charge in [0.1, 0.15) is 0 Å². The van der Waals surface area contributed by atoms with Crippen LogP contribution < -0.4 is 10.6 Å². The summed E-state index contributed by atoms with van der Waals surface area (Å²) in [6.45, 7) is 3.26. The number of carbonyl (C=O) groups is 1. The van der Waals surface area contributed by atoms with E-state index in [0.717, 1.165) is 18.7 Å². The summed E-state index contributed by atoms with van der Waals surface area (Å²) in [6, 6.07) is 6.34. The number of hydrogen-bond donors (Lipinski definition) is 2. The van der Waals surface area contributed by atoms with Gasteiger partial charge in [-0.15, -0.1) is 0 Å². The molecule has 15 heavy (non-hydrogen) atoms. The summed E-state index contributed by atoms with van der Waals surface area (Å²) >= 11 is 0. The van der Waals surface area contributed by atoms with Crippen LogP contribution in [0.3, 0.4) is 0 Å². The zero-order chi connectivity index (χ0) is 10.5. The molecule has 1 fully saturated rings. The topological polar surface area (TPSA) is 51.0 Å². The molecule has 0 spiro atoms. The number of hydrogen-bond acceptors (Lipinski definition) is 2. The first-order valence-electron chi connectivity index (χ1n) is 5.36. The van der Waals surface area contributed by atoms with E-state index in [2.05, 4.69) is 29.7 Å². The van der Waals surface area contributed by atoms with Crippen molar-refractivity contribution in [3.05, 3.63) is 29.3 Å². The van der Waals surface area contributed by atoms with Crippen molar-refractivity contribution < 1.29 is 4.79 Å². The Hall–Kier alpha value is -1.35. The minimum Gasteiger partial charge on any atom is -0.326 e. The van der Waals surface area contributed by atoms with Gasteiger partial charge in [0, 0.05) is 18.7 Å². The van der Waals surface area contributed by atoms with Gasteiger partial charge < -0.3 is 10.6 Å². The zero-order valence-electron chi connectivity index (χ0n) is 8.76. The van der Waals surface area contributed by atoms with Gasteiger partial charge in [-0.25, -0.2) is 0 Å². The molecule has 1 saturated heterocycles. The van der Waals surface area contributed by atoms with Crippen molar-refractivity contribution in [2.24, 2.45) is 0 Å². The third-order valence-corrected chi connectivity index (χ3v) is 3.34. The third-order valence-electron chi connectivity index (χ3n) is 3.34. The fourth-order valence-corrected chi connectivity index (χ4v) is 2.06. The van der Waals surface area contributed by atoms with Crippen LogP contribution >= 0.6 is 0 Å². The molecule has 2 aliphatic rings. The molecule has 1 unspecified atom stereocenters. The molecule has 3 nitrogen and oxygen atoms in total. The lowest BCUT2D eigenvalue weighted by atomic mass is 9.94. The van der Waals surface area contributed by atoms with Gasteiger partial charge in [-0.3, -0.25) is 4.79 Å². The summed E-state index contributed by atoms with van der Waals surface area (Å²) in [5, 5.41) is 6.25. The number of amides is 1. The minimum absolute atomic E-state index is 0.131. The third kappa shape index (κ3) is 1.43. The Kier molecular flexibility index (Phi) is 1.68. The normalized spacial score (nSPS) is 28.2. The SMILES string of the molecule is CC1(c2ccc3c(c2)CCC(=O)N3)CN1. The van der Waals surface area contributed by atoms with Gasteiger partial charge in [0.25, 0.3) is 0 Å². The maximum Gasteiger partial charge on any atom is 0.224 e. The summed E-state index contributed by atoms with van der Waals surface area (Å²) in [7, 11) is 0. The molecule has 78 valence electrons. The fraction of sp³-hybridized carbons (Fsp3) is 0.417. The van der Waals surface area contributed by atoms with Gasteiger partial charge >= 0.3 is 0 Å². The van der Waals surface area contributed by atoms with E-state index in [0.29, 0.717) is 6.42 Å². The molecule has 0 radical (unpaired) electrons.